The van der Waals surface area contributed by atoms with Crippen molar-refractivity contribution in [3.05, 3.63) is 39.5 Å². The van der Waals surface area contributed by atoms with Crippen LogP contribution in [-0.2, 0) is 9.84 Å². The highest BCUT2D eigenvalue weighted by atomic mass is 32.2. The zero-order chi connectivity index (χ0) is 17.0. The normalized spacial score (nSPS) is 11.3. The van der Waals surface area contributed by atoms with Crippen molar-refractivity contribution in [3.63, 3.8) is 0 Å². The van der Waals surface area contributed by atoms with Gasteiger partial charge in [0.25, 0.3) is 5.56 Å². The van der Waals surface area contributed by atoms with Gasteiger partial charge in [0, 0.05) is 5.56 Å². The molecule has 3 N–H and O–H groups in total. The second kappa shape index (κ2) is 6.69. The van der Waals surface area contributed by atoms with E-state index in [2.05, 4.69) is 15.1 Å². The first-order chi connectivity index (χ1) is 10.9. The van der Waals surface area contributed by atoms with E-state index in [1.165, 1.54) is 12.1 Å². The minimum atomic E-state index is -3.53. The molecule has 0 atom stereocenters. The van der Waals surface area contributed by atoms with Crippen molar-refractivity contribution >= 4 is 21.3 Å². The van der Waals surface area contributed by atoms with Crippen molar-refractivity contribution in [2.75, 3.05) is 11.5 Å². The van der Waals surface area contributed by atoms with Gasteiger partial charge in [-0.3, -0.25) is 4.79 Å². The molecule has 0 radical (unpaired) electrons. The summed E-state index contributed by atoms with van der Waals surface area (Å²) >= 11 is 0. The number of H-pyrrole nitrogens is 1. The van der Waals surface area contributed by atoms with Crippen molar-refractivity contribution in [1.29, 1.82) is 0 Å². The molecular formula is C14H16N4O4S. The fraction of sp³-hybridized carbons (Fsp3) is 0.286. The molecule has 0 aliphatic heterocycles. The molecule has 0 fully saturated rings. The van der Waals surface area contributed by atoms with Crippen LogP contribution in [0.15, 0.2) is 39.1 Å². The molecule has 1 heterocycles. The first kappa shape index (κ1) is 16.8. The number of aromatic nitrogens is 2. The SMILES string of the molecule is CCCCS(=O)(=O)c1ccccc1-c1nc(N)c(N=O)c(=O)[nH]1. The van der Waals surface area contributed by atoms with Crippen molar-refractivity contribution in [2.45, 2.75) is 24.7 Å². The van der Waals surface area contributed by atoms with Gasteiger partial charge < -0.3 is 10.7 Å². The molecule has 0 aliphatic carbocycles. The van der Waals surface area contributed by atoms with Gasteiger partial charge in [-0.1, -0.05) is 25.5 Å². The summed E-state index contributed by atoms with van der Waals surface area (Å²) in [4.78, 5) is 28.6. The largest absolute Gasteiger partial charge is 0.382 e. The standard InChI is InChI=1S/C14H16N4O4S/c1-2-3-8-23(21,22)10-7-5-4-6-9(10)13-16-12(15)11(18-20)14(19)17-13/h4-7H,2-3,8H2,1H3,(H3,15,16,17,19). The molecule has 2 rings (SSSR count). The Hall–Kier alpha value is -2.55. The summed E-state index contributed by atoms with van der Waals surface area (Å²) in [5.74, 6) is -0.371. The van der Waals surface area contributed by atoms with Crippen LogP contribution < -0.4 is 11.3 Å². The number of nitrogens with zero attached hydrogens (tertiary/aromatic N) is 2. The van der Waals surface area contributed by atoms with Crippen LogP contribution in [0.25, 0.3) is 11.4 Å². The number of rotatable bonds is 6. The monoisotopic (exact) mass is 336 g/mol. The summed E-state index contributed by atoms with van der Waals surface area (Å²) in [6.45, 7) is 1.90. The number of nitrogens with two attached hydrogens (primary N) is 1. The van der Waals surface area contributed by atoms with Crippen molar-refractivity contribution in [3.8, 4) is 11.4 Å². The maximum absolute atomic E-state index is 12.5. The van der Waals surface area contributed by atoms with Crippen LogP contribution in [0, 0.1) is 4.91 Å². The van der Waals surface area contributed by atoms with Gasteiger partial charge in [0.1, 0.15) is 5.82 Å². The Morgan fingerprint density at radius 2 is 2.00 bits per heavy atom. The number of hydrogen-bond donors (Lipinski definition) is 2. The fourth-order valence-corrected chi connectivity index (χ4v) is 3.75. The maximum Gasteiger partial charge on any atom is 0.282 e. The Morgan fingerprint density at radius 1 is 1.30 bits per heavy atom. The summed E-state index contributed by atoms with van der Waals surface area (Å²) in [7, 11) is -3.53. The molecule has 2 aromatic rings. The number of nitrogen functional groups attached to an aromatic ring is 1. The molecule has 0 saturated heterocycles. The topological polar surface area (TPSA) is 135 Å². The molecule has 8 nitrogen and oxygen atoms in total. The fourth-order valence-electron chi connectivity index (χ4n) is 2.08. The summed E-state index contributed by atoms with van der Waals surface area (Å²) in [6, 6.07) is 6.17. The molecule has 0 amide bonds. The number of nitrogens with one attached hydrogen (secondary N) is 1. The van der Waals surface area contributed by atoms with Gasteiger partial charge in [-0.2, -0.15) is 0 Å². The van der Waals surface area contributed by atoms with E-state index in [-0.39, 0.29) is 27.9 Å². The predicted octanol–water partition coefficient (Wildman–Crippen LogP) is 1.99. The Labute approximate surface area is 132 Å². The van der Waals surface area contributed by atoms with Gasteiger partial charge >= 0.3 is 0 Å². The highest BCUT2D eigenvalue weighted by molar-refractivity contribution is 7.91. The van der Waals surface area contributed by atoms with E-state index in [1.807, 2.05) is 6.92 Å². The smallest absolute Gasteiger partial charge is 0.282 e. The number of sulfone groups is 1. The van der Waals surface area contributed by atoms with Crippen LogP contribution in [0.1, 0.15) is 19.8 Å². The van der Waals surface area contributed by atoms with Gasteiger partial charge in [0.05, 0.1) is 10.6 Å². The first-order valence-electron chi connectivity index (χ1n) is 6.96. The highest BCUT2D eigenvalue weighted by Crippen LogP contribution is 2.27. The molecule has 0 aliphatic rings. The predicted molar refractivity (Wildman–Crippen MR) is 87.1 cm³/mol. The molecule has 9 heteroatoms. The molecule has 1 aromatic heterocycles. The summed E-state index contributed by atoms with van der Waals surface area (Å²) in [5.41, 5.74) is 4.42. The molecule has 23 heavy (non-hydrogen) atoms. The molecule has 0 saturated carbocycles. The Bertz CT molecular complexity index is 890. The lowest BCUT2D eigenvalue weighted by Crippen LogP contribution is -2.14. The Balaban J connectivity index is 2.63. The minimum absolute atomic E-state index is 0.00575. The Kier molecular flexibility index (Phi) is 4.89. The van der Waals surface area contributed by atoms with Gasteiger partial charge in [0.2, 0.25) is 5.69 Å². The van der Waals surface area contributed by atoms with E-state index in [0.29, 0.717) is 6.42 Å². The lowest BCUT2D eigenvalue weighted by Gasteiger charge is -2.10. The van der Waals surface area contributed by atoms with Crippen LogP contribution in [0.4, 0.5) is 11.5 Å². The third-order valence-electron chi connectivity index (χ3n) is 3.26. The molecule has 122 valence electrons. The van der Waals surface area contributed by atoms with Crippen LogP contribution in [-0.4, -0.2) is 24.1 Å². The average molecular weight is 336 g/mol. The van der Waals surface area contributed by atoms with E-state index in [0.717, 1.165) is 6.42 Å². The third-order valence-corrected chi connectivity index (χ3v) is 5.11. The van der Waals surface area contributed by atoms with E-state index < -0.39 is 21.1 Å². The quantitative estimate of drug-likeness (QED) is 0.774. The molecule has 0 unspecified atom stereocenters. The van der Waals surface area contributed by atoms with Gasteiger partial charge in [-0.05, 0) is 23.7 Å². The number of benzene rings is 1. The van der Waals surface area contributed by atoms with E-state index >= 15 is 0 Å². The summed E-state index contributed by atoms with van der Waals surface area (Å²) in [5, 5.41) is 2.52. The van der Waals surface area contributed by atoms with Crippen LogP contribution in [0.2, 0.25) is 0 Å². The van der Waals surface area contributed by atoms with Gasteiger partial charge in [-0.15, -0.1) is 4.91 Å². The summed E-state index contributed by atoms with van der Waals surface area (Å²) in [6.07, 6.45) is 1.26. The number of hydrogen-bond acceptors (Lipinski definition) is 7. The van der Waals surface area contributed by atoms with Crippen molar-refractivity contribution in [2.24, 2.45) is 5.18 Å². The van der Waals surface area contributed by atoms with Crippen molar-refractivity contribution in [1.82, 2.24) is 9.97 Å². The molecular weight excluding hydrogens is 320 g/mol. The lowest BCUT2D eigenvalue weighted by atomic mass is 10.2. The third kappa shape index (κ3) is 3.45. The first-order valence-corrected chi connectivity index (χ1v) is 8.61. The van der Waals surface area contributed by atoms with E-state index in [1.54, 1.807) is 12.1 Å². The van der Waals surface area contributed by atoms with Crippen LogP contribution in [0.5, 0.6) is 0 Å². The molecule has 1 aromatic carbocycles. The average Bonchev–Trinajstić information content (AvgIpc) is 2.52. The highest BCUT2D eigenvalue weighted by Gasteiger charge is 2.21. The minimum Gasteiger partial charge on any atom is -0.382 e. The van der Waals surface area contributed by atoms with Gasteiger partial charge in [-0.25, -0.2) is 13.4 Å². The van der Waals surface area contributed by atoms with Crippen LogP contribution in [0.3, 0.4) is 0 Å². The number of unbranched alkanes of at least 4 members (excludes halogenated alkanes) is 1. The zero-order valence-corrected chi connectivity index (χ0v) is 13.3. The second-order valence-electron chi connectivity index (χ2n) is 4.91. The lowest BCUT2D eigenvalue weighted by molar-refractivity contribution is 0.593. The summed E-state index contributed by atoms with van der Waals surface area (Å²) < 4.78 is 24.9. The number of aromatic amines is 1. The van der Waals surface area contributed by atoms with Crippen LogP contribution >= 0.6 is 0 Å². The second-order valence-corrected chi connectivity index (χ2v) is 6.99. The van der Waals surface area contributed by atoms with E-state index in [4.69, 9.17) is 5.73 Å². The number of anilines is 1. The van der Waals surface area contributed by atoms with Crippen molar-refractivity contribution < 1.29 is 8.42 Å². The van der Waals surface area contributed by atoms with E-state index in [9.17, 15) is 18.1 Å². The number of nitroso groups, excluding NO2 is 1. The zero-order valence-electron chi connectivity index (χ0n) is 12.4. The molecule has 0 bridgehead atoms. The van der Waals surface area contributed by atoms with Gasteiger partial charge in [0.15, 0.2) is 15.7 Å². The molecule has 0 spiro atoms. The Morgan fingerprint density at radius 3 is 2.61 bits per heavy atom. The maximum atomic E-state index is 12.5.